The molecule has 1 atom stereocenters. The van der Waals surface area contributed by atoms with E-state index in [-0.39, 0.29) is 11.9 Å². The molecule has 4 heteroatoms. The van der Waals surface area contributed by atoms with E-state index in [4.69, 9.17) is 4.74 Å². The largest absolute Gasteiger partial charge is 0.497 e. The Kier molecular flexibility index (Phi) is 4.55. The molecule has 0 fully saturated rings. The van der Waals surface area contributed by atoms with Gasteiger partial charge in [-0.3, -0.25) is 4.79 Å². The molecule has 0 aliphatic heterocycles. The molecule has 0 aliphatic rings. The summed E-state index contributed by atoms with van der Waals surface area (Å²) in [6.45, 7) is 5.32. The zero-order valence-electron chi connectivity index (χ0n) is 9.29. The lowest BCUT2D eigenvalue weighted by molar-refractivity contribution is -0.117. The summed E-state index contributed by atoms with van der Waals surface area (Å²) in [6.07, 6.45) is 1.26. The van der Waals surface area contributed by atoms with Crippen LogP contribution in [0.2, 0.25) is 0 Å². The Hall–Kier alpha value is -1.29. The normalized spacial score (nSPS) is 11.7. The summed E-state index contributed by atoms with van der Waals surface area (Å²) < 4.78 is 6.00. The number of ether oxygens (including phenoxy) is 1. The summed E-state index contributed by atoms with van der Waals surface area (Å²) in [4.78, 5) is 11.2. The molecule has 0 heterocycles. The molecule has 0 aliphatic carbocycles. The lowest BCUT2D eigenvalue weighted by atomic mass is 10.1. The van der Waals surface area contributed by atoms with Crippen LogP contribution < -0.4 is 10.1 Å². The number of hydrogen-bond acceptors (Lipinski definition) is 2. The average Bonchev–Trinajstić information content (AvgIpc) is 2.28. The summed E-state index contributed by atoms with van der Waals surface area (Å²) >= 11 is 3.44. The van der Waals surface area contributed by atoms with Crippen LogP contribution in [0.3, 0.4) is 0 Å². The first-order valence-corrected chi connectivity index (χ1v) is 5.64. The fourth-order valence-electron chi connectivity index (χ4n) is 1.34. The maximum absolute atomic E-state index is 11.2. The average molecular weight is 284 g/mol. The van der Waals surface area contributed by atoms with Crippen LogP contribution in [-0.4, -0.2) is 13.0 Å². The van der Waals surface area contributed by atoms with Crippen molar-refractivity contribution < 1.29 is 9.53 Å². The minimum atomic E-state index is -0.185. The quantitative estimate of drug-likeness (QED) is 0.863. The highest BCUT2D eigenvalue weighted by Crippen LogP contribution is 2.27. The summed E-state index contributed by atoms with van der Waals surface area (Å²) in [7, 11) is 1.62. The van der Waals surface area contributed by atoms with Crippen molar-refractivity contribution >= 4 is 21.8 Å². The molecule has 1 amide bonds. The van der Waals surface area contributed by atoms with E-state index < -0.39 is 0 Å². The highest BCUT2D eigenvalue weighted by atomic mass is 79.9. The van der Waals surface area contributed by atoms with Gasteiger partial charge in [0.15, 0.2) is 0 Å². The van der Waals surface area contributed by atoms with Gasteiger partial charge in [-0.25, -0.2) is 0 Å². The van der Waals surface area contributed by atoms with Gasteiger partial charge in [-0.05, 0) is 30.7 Å². The first kappa shape index (κ1) is 12.8. The Morgan fingerprint density at radius 3 is 2.81 bits per heavy atom. The van der Waals surface area contributed by atoms with Crippen LogP contribution in [0.1, 0.15) is 18.5 Å². The van der Waals surface area contributed by atoms with Gasteiger partial charge in [-0.1, -0.05) is 28.6 Å². The van der Waals surface area contributed by atoms with Crippen LogP contribution in [-0.2, 0) is 4.79 Å². The molecule has 0 unspecified atom stereocenters. The van der Waals surface area contributed by atoms with Crippen LogP contribution in [0.5, 0.6) is 5.75 Å². The molecule has 0 spiro atoms. The second-order valence-corrected chi connectivity index (χ2v) is 4.18. The number of benzene rings is 1. The zero-order valence-corrected chi connectivity index (χ0v) is 10.9. The molecule has 0 bridgehead atoms. The van der Waals surface area contributed by atoms with Crippen molar-refractivity contribution in [3.63, 3.8) is 0 Å². The molecule has 0 saturated heterocycles. The van der Waals surface area contributed by atoms with Gasteiger partial charge in [0.2, 0.25) is 5.91 Å². The Balaban J connectivity index is 2.87. The summed E-state index contributed by atoms with van der Waals surface area (Å²) in [5.41, 5.74) is 0.996. The molecular weight excluding hydrogens is 270 g/mol. The molecule has 1 aromatic carbocycles. The van der Waals surface area contributed by atoms with E-state index in [1.807, 2.05) is 25.1 Å². The highest BCUT2D eigenvalue weighted by molar-refractivity contribution is 9.10. The monoisotopic (exact) mass is 283 g/mol. The van der Waals surface area contributed by atoms with Crippen molar-refractivity contribution in [2.75, 3.05) is 7.11 Å². The fraction of sp³-hybridized carbons (Fsp3) is 0.250. The lowest BCUT2D eigenvalue weighted by Crippen LogP contribution is -2.24. The smallest absolute Gasteiger partial charge is 0.243 e. The molecule has 0 radical (unpaired) electrons. The maximum atomic E-state index is 11.2. The lowest BCUT2D eigenvalue weighted by Gasteiger charge is -2.15. The SMILES string of the molecule is C=CC(=O)N[C@H](C)c1ccc(OC)cc1Br. The Morgan fingerprint density at radius 2 is 2.31 bits per heavy atom. The third-order valence-electron chi connectivity index (χ3n) is 2.22. The number of nitrogens with one attached hydrogen (secondary N) is 1. The standard InChI is InChI=1S/C12H14BrNO2/c1-4-12(15)14-8(2)10-6-5-9(16-3)7-11(10)13/h4-8H,1H2,2-3H3,(H,14,15)/t8-/m1/s1. The van der Waals surface area contributed by atoms with E-state index in [1.54, 1.807) is 7.11 Å². The van der Waals surface area contributed by atoms with E-state index in [9.17, 15) is 4.79 Å². The first-order chi connectivity index (χ1) is 7.58. The third kappa shape index (κ3) is 3.10. The Morgan fingerprint density at radius 1 is 1.62 bits per heavy atom. The Bertz CT molecular complexity index is 404. The van der Waals surface area contributed by atoms with Gasteiger partial charge in [0.25, 0.3) is 0 Å². The van der Waals surface area contributed by atoms with Crippen LogP contribution in [0.4, 0.5) is 0 Å². The molecule has 16 heavy (non-hydrogen) atoms. The first-order valence-electron chi connectivity index (χ1n) is 4.85. The van der Waals surface area contributed by atoms with Gasteiger partial charge in [-0.2, -0.15) is 0 Å². The number of amides is 1. The van der Waals surface area contributed by atoms with Crippen LogP contribution >= 0.6 is 15.9 Å². The van der Waals surface area contributed by atoms with Crippen molar-refractivity contribution in [3.05, 3.63) is 40.9 Å². The predicted molar refractivity (Wildman–Crippen MR) is 67.4 cm³/mol. The van der Waals surface area contributed by atoms with E-state index >= 15 is 0 Å². The molecule has 1 aromatic rings. The van der Waals surface area contributed by atoms with Gasteiger partial charge >= 0.3 is 0 Å². The molecule has 1 rings (SSSR count). The second kappa shape index (κ2) is 5.70. The minimum Gasteiger partial charge on any atom is -0.497 e. The Labute approximate surface area is 104 Å². The topological polar surface area (TPSA) is 38.3 Å². The number of methoxy groups -OCH3 is 1. The van der Waals surface area contributed by atoms with Gasteiger partial charge in [0.05, 0.1) is 13.2 Å². The fourth-order valence-corrected chi connectivity index (χ4v) is 2.04. The maximum Gasteiger partial charge on any atom is 0.243 e. The van der Waals surface area contributed by atoms with Crippen molar-refractivity contribution in [3.8, 4) is 5.75 Å². The van der Waals surface area contributed by atoms with E-state index in [0.717, 1.165) is 15.8 Å². The van der Waals surface area contributed by atoms with Crippen molar-refractivity contribution in [1.82, 2.24) is 5.32 Å². The molecule has 0 saturated carbocycles. The molecule has 1 N–H and O–H groups in total. The van der Waals surface area contributed by atoms with E-state index in [1.165, 1.54) is 6.08 Å². The molecule has 0 aromatic heterocycles. The molecule has 3 nitrogen and oxygen atoms in total. The van der Waals surface area contributed by atoms with Crippen LogP contribution in [0, 0.1) is 0 Å². The van der Waals surface area contributed by atoms with Crippen LogP contribution in [0.25, 0.3) is 0 Å². The van der Waals surface area contributed by atoms with Crippen LogP contribution in [0.15, 0.2) is 35.3 Å². The summed E-state index contributed by atoms with van der Waals surface area (Å²) in [6, 6.07) is 5.56. The van der Waals surface area contributed by atoms with Crippen molar-refractivity contribution in [2.24, 2.45) is 0 Å². The number of carbonyl (C=O) groups excluding carboxylic acids is 1. The number of hydrogen-bond donors (Lipinski definition) is 1. The van der Waals surface area contributed by atoms with E-state index in [0.29, 0.717) is 0 Å². The summed E-state index contributed by atoms with van der Waals surface area (Å²) in [5, 5.41) is 2.80. The third-order valence-corrected chi connectivity index (χ3v) is 2.91. The minimum absolute atomic E-state index is 0.0780. The van der Waals surface area contributed by atoms with Crippen molar-refractivity contribution in [1.29, 1.82) is 0 Å². The summed E-state index contributed by atoms with van der Waals surface area (Å²) in [5.74, 6) is 0.591. The van der Waals surface area contributed by atoms with Gasteiger partial charge < -0.3 is 10.1 Å². The number of rotatable bonds is 4. The van der Waals surface area contributed by atoms with Gasteiger partial charge in [0, 0.05) is 4.47 Å². The second-order valence-electron chi connectivity index (χ2n) is 3.32. The molecular formula is C12H14BrNO2. The zero-order chi connectivity index (χ0) is 12.1. The van der Waals surface area contributed by atoms with Crippen molar-refractivity contribution in [2.45, 2.75) is 13.0 Å². The number of carbonyl (C=O) groups is 1. The van der Waals surface area contributed by atoms with E-state index in [2.05, 4.69) is 27.8 Å². The van der Waals surface area contributed by atoms with Gasteiger partial charge in [-0.15, -0.1) is 0 Å². The predicted octanol–water partition coefficient (Wildman–Crippen LogP) is 2.82. The number of halogens is 1. The highest BCUT2D eigenvalue weighted by Gasteiger charge is 2.11. The van der Waals surface area contributed by atoms with Gasteiger partial charge in [0.1, 0.15) is 5.75 Å². The molecule has 86 valence electrons.